The molecule has 6 nitrogen and oxygen atoms in total. The number of amides is 1. The van der Waals surface area contributed by atoms with Crippen molar-refractivity contribution in [3.8, 4) is 0 Å². The Kier molecular flexibility index (Phi) is 4.54. The summed E-state index contributed by atoms with van der Waals surface area (Å²) < 4.78 is 1.26. The highest BCUT2D eigenvalue weighted by Crippen LogP contribution is 2.31. The first kappa shape index (κ1) is 14.7. The Balaban J connectivity index is 2.00. The van der Waals surface area contributed by atoms with Gasteiger partial charge in [0.1, 0.15) is 6.54 Å². The van der Waals surface area contributed by atoms with Crippen LogP contribution in [0, 0.1) is 5.92 Å². The Morgan fingerprint density at radius 2 is 2.25 bits per heavy atom. The third-order valence-electron chi connectivity index (χ3n) is 4.04. The first-order chi connectivity index (χ1) is 9.54. The van der Waals surface area contributed by atoms with Crippen LogP contribution < -0.4 is 11.0 Å². The van der Waals surface area contributed by atoms with Crippen molar-refractivity contribution in [3.05, 3.63) is 28.9 Å². The van der Waals surface area contributed by atoms with Crippen molar-refractivity contribution < 1.29 is 9.90 Å². The van der Waals surface area contributed by atoms with Crippen LogP contribution >= 0.6 is 0 Å². The van der Waals surface area contributed by atoms with Crippen molar-refractivity contribution >= 4 is 5.91 Å². The van der Waals surface area contributed by atoms with E-state index in [4.69, 9.17) is 0 Å². The van der Waals surface area contributed by atoms with Gasteiger partial charge in [-0.15, -0.1) is 0 Å². The second-order valence-corrected chi connectivity index (χ2v) is 5.70. The highest BCUT2D eigenvalue weighted by atomic mass is 16.3. The minimum atomic E-state index is -0.532. The van der Waals surface area contributed by atoms with Gasteiger partial charge in [0.2, 0.25) is 5.91 Å². The summed E-state index contributed by atoms with van der Waals surface area (Å²) >= 11 is 0. The van der Waals surface area contributed by atoms with Crippen LogP contribution in [0.4, 0.5) is 0 Å². The molecule has 0 aliphatic heterocycles. The van der Waals surface area contributed by atoms with Gasteiger partial charge < -0.3 is 10.4 Å². The molecule has 0 aromatic carbocycles. The molecule has 0 unspecified atom stereocenters. The molecule has 1 amide bonds. The SMILES string of the molecule is CC1CCC(CO)(NC(=O)Cn2cccnc2=O)CC1. The zero-order chi connectivity index (χ0) is 14.6. The molecule has 2 rings (SSSR count). The predicted octanol–water partition coefficient (Wildman–Crippen LogP) is 0.301. The van der Waals surface area contributed by atoms with Gasteiger partial charge in [-0.25, -0.2) is 9.78 Å². The summed E-state index contributed by atoms with van der Waals surface area (Å²) in [5.74, 6) is 0.372. The Morgan fingerprint density at radius 1 is 1.55 bits per heavy atom. The first-order valence-corrected chi connectivity index (χ1v) is 6.98. The molecule has 6 heteroatoms. The molecule has 0 atom stereocenters. The summed E-state index contributed by atoms with van der Waals surface area (Å²) in [4.78, 5) is 27.1. The highest BCUT2D eigenvalue weighted by molar-refractivity contribution is 5.76. The van der Waals surface area contributed by atoms with Crippen LogP contribution in [0.15, 0.2) is 23.3 Å². The topological polar surface area (TPSA) is 84.2 Å². The maximum atomic E-state index is 12.1. The smallest absolute Gasteiger partial charge is 0.347 e. The number of aromatic nitrogens is 2. The molecule has 1 aliphatic rings. The van der Waals surface area contributed by atoms with Crippen LogP contribution in [-0.4, -0.2) is 32.7 Å². The molecule has 1 aromatic heterocycles. The Hall–Kier alpha value is -1.69. The number of hydrogen-bond donors (Lipinski definition) is 2. The van der Waals surface area contributed by atoms with Crippen LogP contribution in [0.2, 0.25) is 0 Å². The van der Waals surface area contributed by atoms with Crippen molar-refractivity contribution in [1.82, 2.24) is 14.9 Å². The lowest BCUT2D eigenvalue weighted by atomic mass is 9.77. The van der Waals surface area contributed by atoms with Gasteiger partial charge in [-0.3, -0.25) is 9.36 Å². The van der Waals surface area contributed by atoms with Crippen molar-refractivity contribution in [1.29, 1.82) is 0 Å². The molecule has 110 valence electrons. The third-order valence-corrected chi connectivity index (χ3v) is 4.04. The van der Waals surface area contributed by atoms with Gasteiger partial charge in [0.15, 0.2) is 0 Å². The fraction of sp³-hybridized carbons (Fsp3) is 0.643. The van der Waals surface area contributed by atoms with Crippen LogP contribution in [0.25, 0.3) is 0 Å². The Bertz CT molecular complexity index is 518. The fourth-order valence-electron chi connectivity index (χ4n) is 2.63. The fourth-order valence-corrected chi connectivity index (χ4v) is 2.63. The highest BCUT2D eigenvalue weighted by Gasteiger charge is 2.34. The van der Waals surface area contributed by atoms with E-state index >= 15 is 0 Å². The minimum Gasteiger partial charge on any atom is -0.394 e. The van der Waals surface area contributed by atoms with E-state index in [-0.39, 0.29) is 19.1 Å². The second-order valence-electron chi connectivity index (χ2n) is 5.70. The number of carbonyl (C=O) groups is 1. The van der Waals surface area contributed by atoms with Gasteiger partial charge in [-0.1, -0.05) is 6.92 Å². The summed E-state index contributed by atoms with van der Waals surface area (Å²) in [6, 6.07) is 1.61. The van der Waals surface area contributed by atoms with Gasteiger partial charge in [0.25, 0.3) is 0 Å². The minimum absolute atomic E-state index is 0.0621. The molecule has 1 fully saturated rings. The van der Waals surface area contributed by atoms with E-state index in [1.807, 2.05) is 0 Å². The summed E-state index contributed by atoms with van der Waals surface area (Å²) in [6.45, 7) is 2.05. The molecular formula is C14H21N3O3. The maximum Gasteiger partial charge on any atom is 0.347 e. The zero-order valence-electron chi connectivity index (χ0n) is 11.7. The summed E-state index contributed by atoms with van der Waals surface area (Å²) in [7, 11) is 0. The zero-order valence-corrected chi connectivity index (χ0v) is 11.7. The van der Waals surface area contributed by atoms with Gasteiger partial charge >= 0.3 is 5.69 Å². The number of nitrogens with one attached hydrogen (secondary N) is 1. The number of aliphatic hydroxyl groups excluding tert-OH is 1. The van der Waals surface area contributed by atoms with Crippen LogP contribution in [0.5, 0.6) is 0 Å². The van der Waals surface area contributed by atoms with E-state index in [9.17, 15) is 14.7 Å². The quantitative estimate of drug-likeness (QED) is 0.830. The molecule has 20 heavy (non-hydrogen) atoms. The summed E-state index contributed by atoms with van der Waals surface area (Å²) in [6.07, 6.45) is 6.47. The van der Waals surface area contributed by atoms with E-state index in [0.717, 1.165) is 25.7 Å². The normalized spacial score (nSPS) is 26.2. The largest absolute Gasteiger partial charge is 0.394 e. The number of carbonyl (C=O) groups excluding carboxylic acids is 1. The number of rotatable bonds is 4. The van der Waals surface area contributed by atoms with E-state index in [2.05, 4.69) is 17.2 Å². The first-order valence-electron chi connectivity index (χ1n) is 6.98. The number of nitrogens with zero attached hydrogens (tertiary/aromatic N) is 2. The van der Waals surface area contributed by atoms with Crippen LogP contribution in [0.3, 0.4) is 0 Å². The van der Waals surface area contributed by atoms with Crippen LogP contribution in [-0.2, 0) is 11.3 Å². The summed E-state index contributed by atoms with van der Waals surface area (Å²) in [5, 5.41) is 12.5. The molecular weight excluding hydrogens is 258 g/mol. The van der Waals surface area contributed by atoms with Crippen molar-refractivity contribution in [2.45, 2.75) is 44.7 Å². The summed E-state index contributed by atoms with van der Waals surface area (Å²) in [5.41, 5.74) is -0.979. The average Bonchev–Trinajstić information content (AvgIpc) is 2.44. The van der Waals surface area contributed by atoms with Gasteiger partial charge in [0, 0.05) is 12.4 Å². The molecule has 1 saturated carbocycles. The maximum absolute atomic E-state index is 12.1. The molecule has 1 aromatic rings. The van der Waals surface area contributed by atoms with E-state index in [1.54, 1.807) is 6.07 Å². The predicted molar refractivity (Wildman–Crippen MR) is 74.1 cm³/mol. The lowest BCUT2D eigenvalue weighted by molar-refractivity contribution is -0.125. The number of aliphatic hydroxyl groups is 1. The molecule has 0 bridgehead atoms. The third kappa shape index (κ3) is 3.45. The number of hydrogen-bond acceptors (Lipinski definition) is 4. The molecule has 0 spiro atoms. The van der Waals surface area contributed by atoms with Crippen molar-refractivity contribution in [2.75, 3.05) is 6.61 Å². The monoisotopic (exact) mass is 279 g/mol. The average molecular weight is 279 g/mol. The van der Waals surface area contributed by atoms with E-state index < -0.39 is 11.2 Å². The lowest BCUT2D eigenvalue weighted by Gasteiger charge is -2.38. The van der Waals surface area contributed by atoms with Crippen molar-refractivity contribution in [2.24, 2.45) is 5.92 Å². The molecule has 1 aliphatic carbocycles. The van der Waals surface area contributed by atoms with Gasteiger partial charge in [-0.2, -0.15) is 0 Å². The van der Waals surface area contributed by atoms with Gasteiger partial charge in [0.05, 0.1) is 12.1 Å². The van der Waals surface area contributed by atoms with Crippen molar-refractivity contribution in [3.63, 3.8) is 0 Å². The van der Waals surface area contributed by atoms with E-state index in [0.29, 0.717) is 5.92 Å². The molecule has 0 saturated heterocycles. The lowest BCUT2D eigenvalue weighted by Crippen LogP contribution is -2.54. The standard InChI is InChI=1S/C14H21N3O3/c1-11-3-5-14(10-18,6-4-11)16-12(19)9-17-8-2-7-15-13(17)20/h2,7-8,11,18H,3-6,9-10H2,1H3,(H,16,19). The second kappa shape index (κ2) is 6.17. The van der Waals surface area contributed by atoms with E-state index in [1.165, 1.54) is 17.0 Å². The molecule has 0 radical (unpaired) electrons. The Morgan fingerprint density at radius 3 is 2.85 bits per heavy atom. The molecule has 1 heterocycles. The van der Waals surface area contributed by atoms with Crippen LogP contribution in [0.1, 0.15) is 32.6 Å². The van der Waals surface area contributed by atoms with Gasteiger partial charge in [-0.05, 0) is 37.7 Å². The Labute approximate surface area is 117 Å². The molecule has 2 N–H and O–H groups in total.